The molecule has 0 fully saturated rings. The van der Waals surface area contributed by atoms with Crippen LogP contribution in [0.1, 0.15) is 67.2 Å². The Morgan fingerprint density at radius 2 is 1.45 bits per heavy atom. The van der Waals surface area contributed by atoms with E-state index in [2.05, 4.69) is 13.8 Å². The molecule has 20 heavy (non-hydrogen) atoms. The van der Waals surface area contributed by atoms with Crippen molar-refractivity contribution in [1.82, 2.24) is 0 Å². The van der Waals surface area contributed by atoms with E-state index in [0.717, 1.165) is 25.7 Å². The highest BCUT2D eigenvalue weighted by Crippen LogP contribution is 2.54. The monoisotopic (exact) mass is 310 g/mol. The van der Waals surface area contributed by atoms with Crippen LogP contribution in [0.25, 0.3) is 0 Å². The van der Waals surface area contributed by atoms with Gasteiger partial charge in [-0.05, 0) is 40.5 Å². The molecule has 0 aromatic carbocycles. The van der Waals surface area contributed by atoms with E-state index in [9.17, 15) is 4.57 Å². The highest BCUT2D eigenvalue weighted by molar-refractivity contribution is 7.54. The van der Waals surface area contributed by atoms with Crippen molar-refractivity contribution in [3.05, 3.63) is 0 Å². The molecule has 0 heterocycles. The van der Waals surface area contributed by atoms with Gasteiger partial charge in [0.2, 0.25) is 0 Å². The quantitative estimate of drug-likeness (QED) is 0.235. The van der Waals surface area contributed by atoms with Gasteiger partial charge in [-0.2, -0.15) is 0 Å². The van der Waals surface area contributed by atoms with Gasteiger partial charge >= 0.3 is 7.60 Å². The molecule has 0 aliphatic rings. The average molecular weight is 310 g/mol. The van der Waals surface area contributed by atoms with Gasteiger partial charge in [-0.3, -0.25) is 4.57 Å². The Kier molecular flexibility index (Phi) is 9.94. The second-order valence-electron chi connectivity index (χ2n) is 5.80. The molecule has 1 unspecified atom stereocenters. The van der Waals surface area contributed by atoms with Crippen LogP contribution in [0.3, 0.4) is 0 Å². The van der Waals surface area contributed by atoms with E-state index in [1.54, 1.807) is 6.92 Å². The minimum Gasteiger partial charge on any atom is -0.307 e. The molecule has 0 spiro atoms. The zero-order valence-electron chi connectivity index (χ0n) is 13.8. The predicted octanol–water partition coefficient (Wildman–Crippen LogP) is 4.91. The molecule has 0 aromatic heterocycles. The Balaban J connectivity index is 4.50. The van der Waals surface area contributed by atoms with Crippen molar-refractivity contribution in [2.45, 2.75) is 78.7 Å². The van der Waals surface area contributed by atoms with Crippen LogP contribution in [-0.2, 0) is 23.4 Å². The molecule has 0 rings (SSSR count). The Morgan fingerprint density at radius 3 is 1.80 bits per heavy atom. The van der Waals surface area contributed by atoms with Crippen molar-refractivity contribution in [2.75, 3.05) is 13.2 Å². The van der Waals surface area contributed by atoms with Crippen molar-refractivity contribution in [3.8, 4) is 0 Å². The summed E-state index contributed by atoms with van der Waals surface area (Å²) < 4.78 is 23.7. The lowest BCUT2D eigenvalue weighted by atomic mass is 10.2. The Morgan fingerprint density at radius 1 is 1.00 bits per heavy atom. The molecule has 1 atom stereocenters. The minimum absolute atomic E-state index is 0.406. The highest BCUT2D eigenvalue weighted by atomic mass is 31.2. The normalized spacial score (nSPS) is 14.5. The SMILES string of the molecule is CCCCOP(=O)(OCCCC)C(C)OOC(C)(C)C. The highest BCUT2D eigenvalue weighted by Gasteiger charge is 2.35. The first-order valence-corrected chi connectivity index (χ1v) is 9.09. The third-order valence-corrected chi connectivity index (χ3v) is 4.48. The second-order valence-corrected chi connectivity index (χ2v) is 8.13. The van der Waals surface area contributed by atoms with Gasteiger partial charge in [0, 0.05) is 0 Å². The molecule has 0 bridgehead atoms. The third-order valence-electron chi connectivity index (χ3n) is 2.42. The maximum absolute atomic E-state index is 12.7. The summed E-state index contributed by atoms with van der Waals surface area (Å²) in [6.07, 6.45) is 3.63. The zero-order valence-corrected chi connectivity index (χ0v) is 14.7. The minimum atomic E-state index is -3.30. The molecule has 0 saturated carbocycles. The topological polar surface area (TPSA) is 54.0 Å². The fourth-order valence-corrected chi connectivity index (χ4v) is 2.60. The van der Waals surface area contributed by atoms with E-state index < -0.39 is 19.0 Å². The van der Waals surface area contributed by atoms with Gasteiger partial charge in [-0.15, -0.1) is 0 Å². The molecule has 0 saturated heterocycles. The summed E-state index contributed by atoms with van der Waals surface area (Å²) in [6.45, 7) is 12.2. The molecule has 0 N–H and O–H groups in total. The number of rotatable bonds is 11. The van der Waals surface area contributed by atoms with Crippen molar-refractivity contribution in [1.29, 1.82) is 0 Å². The summed E-state index contributed by atoms with van der Waals surface area (Å²) in [5, 5.41) is 0. The van der Waals surface area contributed by atoms with E-state index in [-0.39, 0.29) is 0 Å². The maximum Gasteiger partial charge on any atom is 0.362 e. The molecule has 122 valence electrons. The fraction of sp³-hybridized carbons (Fsp3) is 1.00. The van der Waals surface area contributed by atoms with Crippen LogP contribution in [0.15, 0.2) is 0 Å². The number of hydrogen-bond donors (Lipinski definition) is 0. The van der Waals surface area contributed by atoms with Gasteiger partial charge < -0.3 is 9.05 Å². The van der Waals surface area contributed by atoms with E-state index in [0.29, 0.717) is 13.2 Å². The van der Waals surface area contributed by atoms with Gasteiger partial charge in [0.1, 0.15) is 0 Å². The fourth-order valence-electron chi connectivity index (χ4n) is 1.19. The molecule has 0 radical (unpaired) electrons. The molecule has 0 aromatic rings. The van der Waals surface area contributed by atoms with Crippen LogP contribution in [0.2, 0.25) is 0 Å². The van der Waals surface area contributed by atoms with Gasteiger partial charge in [0.15, 0.2) is 5.85 Å². The lowest BCUT2D eigenvalue weighted by molar-refractivity contribution is -0.357. The average Bonchev–Trinajstić information content (AvgIpc) is 2.35. The van der Waals surface area contributed by atoms with Gasteiger partial charge in [-0.25, -0.2) is 9.78 Å². The van der Waals surface area contributed by atoms with Crippen LogP contribution in [0.5, 0.6) is 0 Å². The maximum atomic E-state index is 12.7. The zero-order chi connectivity index (χ0) is 15.6. The summed E-state index contributed by atoms with van der Waals surface area (Å²) >= 11 is 0. The van der Waals surface area contributed by atoms with Crippen molar-refractivity contribution in [2.24, 2.45) is 0 Å². The molecule has 6 heteroatoms. The first-order valence-electron chi connectivity index (χ1n) is 7.48. The van der Waals surface area contributed by atoms with Crippen molar-refractivity contribution < 1.29 is 23.4 Å². The summed E-state index contributed by atoms with van der Waals surface area (Å²) in [5.41, 5.74) is -0.466. The van der Waals surface area contributed by atoms with Crippen LogP contribution < -0.4 is 0 Å². The lowest BCUT2D eigenvalue weighted by Gasteiger charge is -2.26. The third kappa shape index (κ3) is 9.09. The molecule has 0 aliphatic carbocycles. The van der Waals surface area contributed by atoms with Crippen molar-refractivity contribution in [3.63, 3.8) is 0 Å². The molecule has 0 aliphatic heterocycles. The van der Waals surface area contributed by atoms with Crippen LogP contribution in [0.4, 0.5) is 0 Å². The molecular formula is C14H31O5P. The van der Waals surface area contributed by atoms with Crippen LogP contribution in [-0.4, -0.2) is 24.7 Å². The number of hydrogen-bond acceptors (Lipinski definition) is 5. The smallest absolute Gasteiger partial charge is 0.307 e. The summed E-state index contributed by atoms with van der Waals surface area (Å²) in [6, 6.07) is 0. The van der Waals surface area contributed by atoms with Crippen LogP contribution >= 0.6 is 7.60 Å². The molecular weight excluding hydrogens is 279 g/mol. The van der Waals surface area contributed by atoms with E-state index in [1.165, 1.54) is 0 Å². The van der Waals surface area contributed by atoms with Crippen LogP contribution in [0, 0.1) is 0 Å². The van der Waals surface area contributed by atoms with Crippen molar-refractivity contribution >= 4 is 7.60 Å². The van der Waals surface area contributed by atoms with E-state index >= 15 is 0 Å². The summed E-state index contributed by atoms with van der Waals surface area (Å²) in [7, 11) is -3.30. The molecule has 5 nitrogen and oxygen atoms in total. The Labute approximate surface area is 123 Å². The Bertz CT molecular complexity index is 274. The molecule has 0 amide bonds. The van der Waals surface area contributed by atoms with Gasteiger partial charge in [0.25, 0.3) is 0 Å². The summed E-state index contributed by atoms with van der Waals surface area (Å²) in [5.74, 6) is -0.740. The first kappa shape index (κ1) is 20.1. The predicted molar refractivity (Wildman–Crippen MR) is 80.7 cm³/mol. The largest absolute Gasteiger partial charge is 0.362 e. The van der Waals surface area contributed by atoms with E-state index in [4.69, 9.17) is 18.8 Å². The second kappa shape index (κ2) is 9.91. The number of unbranched alkanes of at least 4 members (excludes halogenated alkanes) is 2. The Hall–Kier alpha value is 0.0700. The standard InChI is InChI=1S/C14H31O5P/c1-7-9-11-16-20(15,17-12-10-8-2)13(3)18-19-14(4,5)6/h13H,7-12H2,1-6H3. The summed E-state index contributed by atoms with van der Waals surface area (Å²) in [4.78, 5) is 10.4. The lowest BCUT2D eigenvalue weighted by Crippen LogP contribution is -2.24. The van der Waals surface area contributed by atoms with Gasteiger partial charge in [0.05, 0.1) is 18.8 Å². The van der Waals surface area contributed by atoms with Gasteiger partial charge in [-0.1, -0.05) is 26.7 Å². The first-order chi connectivity index (χ1) is 9.25. The van der Waals surface area contributed by atoms with E-state index in [1.807, 2.05) is 20.8 Å².